The van der Waals surface area contributed by atoms with Crippen LogP contribution in [-0.2, 0) is 9.53 Å². The summed E-state index contributed by atoms with van der Waals surface area (Å²) < 4.78 is 4.51. The molecule has 15 heavy (non-hydrogen) atoms. The van der Waals surface area contributed by atoms with Gasteiger partial charge in [-0.25, -0.2) is 4.79 Å². The highest BCUT2D eigenvalue weighted by Gasteiger charge is 2.61. The molecule has 1 saturated heterocycles. The fourth-order valence-corrected chi connectivity index (χ4v) is 1.38. The second-order valence-corrected chi connectivity index (χ2v) is 3.99. The lowest BCUT2D eigenvalue weighted by atomic mass is 9.76. The molecule has 5 atom stereocenters. The van der Waals surface area contributed by atoms with Crippen molar-refractivity contribution >= 4 is 5.97 Å². The van der Waals surface area contributed by atoms with E-state index in [1.54, 1.807) is 0 Å². The number of hydrogen-bond donors (Lipinski definition) is 5. The second-order valence-electron chi connectivity index (χ2n) is 3.99. The van der Waals surface area contributed by atoms with E-state index in [-0.39, 0.29) is 0 Å². The van der Waals surface area contributed by atoms with Gasteiger partial charge in [-0.1, -0.05) is 0 Å². The van der Waals surface area contributed by atoms with E-state index < -0.39 is 35.7 Å². The summed E-state index contributed by atoms with van der Waals surface area (Å²) in [5, 5.41) is 46.9. The van der Waals surface area contributed by atoms with Gasteiger partial charge in [0.2, 0.25) is 0 Å². The Kier molecular flexibility index (Phi) is 2.79. The van der Waals surface area contributed by atoms with E-state index in [0.717, 1.165) is 13.8 Å². The van der Waals surface area contributed by atoms with Crippen LogP contribution in [0.3, 0.4) is 0 Å². The Balaban J connectivity index is 3.07. The minimum Gasteiger partial charge on any atom is -0.479 e. The fraction of sp³-hybridized carbons (Fsp3) is 0.875. The molecule has 2 unspecified atom stereocenters. The maximum Gasteiger partial charge on any atom is 0.335 e. The maximum absolute atomic E-state index is 10.6. The van der Waals surface area contributed by atoms with Gasteiger partial charge in [-0.15, -0.1) is 0 Å². The molecule has 0 bridgehead atoms. The summed E-state index contributed by atoms with van der Waals surface area (Å²) in [5.41, 5.74) is -4.34. The van der Waals surface area contributed by atoms with Crippen LogP contribution in [-0.4, -0.2) is 61.2 Å². The van der Waals surface area contributed by atoms with Crippen molar-refractivity contribution < 1.29 is 35.1 Å². The Bertz CT molecular complexity index is 272. The smallest absolute Gasteiger partial charge is 0.335 e. The van der Waals surface area contributed by atoms with Crippen LogP contribution in [0, 0.1) is 0 Å². The molecule has 1 aliphatic heterocycles. The average molecular weight is 222 g/mol. The molecular formula is C8H14O7. The van der Waals surface area contributed by atoms with E-state index in [4.69, 9.17) is 5.11 Å². The van der Waals surface area contributed by atoms with Gasteiger partial charge in [0.15, 0.2) is 12.4 Å². The molecule has 1 heterocycles. The summed E-state index contributed by atoms with van der Waals surface area (Å²) in [4.78, 5) is 10.6. The normalized spacial score (nSPS) is 51.5. The van der Waals surface area contributed by atoms with Crippen molar-refractivity contribution in [3.8, 4) is 0 Å². The van der Waals surface area contributed by atoms with Gasteiger partial charge < -0.3 is 30.3 Å². The molecule has 7 nitrogen and oxygen atoms in total. The first-order chi connectivity index (χ1) is 6.62. The lowest BCUT2D eigenvalue weighted by Crippen LogP contribution is -2.72. The third-order valence-corrected chi connectivity index (χ3v) is 2.89. The Labute approximate surface area is 85.5 Å². The second kappa shape index (κ2) is 3.39. The lowest BCUT2D eigenvalue weighted by Gasteiger charge is -2.49. The summed E-state index contributed by atoms with van der Waals surface area (Å²) >= 11 is 0. The first-order valence-corrected chi connectivity index (χ1v) is 4.31. The van der Waals surface area contributed by atoms with Crippen LogP contribution in [0.1, 0.15) is 13.8 Å². The van der Waals surface area contributed by atoms with Crippen molar-refractivity contribution in [2.45, 2.75) is 43.5 Å². The number of aliphatic hydroxyl groups excluding tert-OH is 2. The zero-order chi connectivity index (χ0) is 12.0. The van der Waals surface area contributed by atoms with Gasteiger partial charge in [-0.05, 0) is 13.8 Å². The van der Waals surface area contributed by atoms with Crippen LogP contribution < -0.4 is 0 Å². The predicted molar refractivity (Wildman–Crippen MR) is 45.8 cm³/mol. The Morgan fingerprint density at radius 2 is 1.67 bits per heavy atom. The first-order valence-electron chi connectivity index (χ1n) is 4.31. The third-order valence-electron chi connectivity index (χ3n) is 2.89. The number of ether oxygens (including phenoxy) is 1. The zero-order valence-corrected chi connectivity index (χ0v) is 8.28. The Morgan fingerprint density at radius 3 is 2.07 bits per heavy atom. The average Bonchev–Trinajstić information content (AvgIpc) is 2.09. The Morgan fingerprint density at radius 1 is 1.20 bits per heavy atom. The van der Waals surface area contributed by atoms with Crippen LogP contribution in [0.5, 0.6) is 0 Å². The van der Waals surface area contributed by atoms with Crippen LogP contribution >= 0.6 is 0 Å². The molecule has 0 aliphatic carbocycles. The van der Waals surface area contributed by atoms with Gasteiger partial charge in [0.1, 0.15) is 17.3 Å². The van der Waals surface area contributed by atoms with E-state index in [0.29, 0.717) is 0 Å². The van der Waals surface area contributed by atoms with Crippen molar-refractivity contribution in [1.82, 2.24) is 0 Å². The minimum absolute atomic E-state index is 1.03. The summed E-state index contributed by atoms with van der Waals surface area (Å²) in [7, 11) is 0. The summed E-state index contributed by atoms with van der Waals surface area (Å²) in [6, 6.07) is 0. The predicted octanol–water partition coefficient (Wildman–Crippen LogP) is -2.35. The van der Waals surface area contributed by atoms with Gasteiger partial charge in [-0.2, -0.15) is 0 Å². The molecule has 88 valence electrons. The number of carbonyl (C=O) groups is 1. The van der Waals surface area contributed by atoms with Crippen molar-refractivity contribution in [1.29, 1.82) is 0 Å². The van der Waals surface area contributed by atoms with E-state index in [1.807, 2.05) is 0 Å². The summed E-state index contributed by atoms with van der Waals surface area (Å²) in [6.07, 6.45) is -5.51. The van der Waals surface area contributed by atoms with Gasteiger partial charge >= 0.3 is 5.97 Å². The highest BCUT2D eigenvalue weighted by Crippen LogP contribution is 2.36. The molecule has 0 aromatic heterocycles. The molecular weight excluding hydrogens is 208 g/mol. The number of rotatable bonds is 1. The number of aliphatic carboxylic acids is 1. The number of hydrogen-bond acceptors (Lipinski definition) is 6. The third kappa shape index (κ3) is 1.62. The van der Waals surface area contributed by atoms with E-state index in [2.05, 4.69) is 4.74 Å². The fourth-order valence-electron chi connectivity index (χ4n) is 1.38. The largest absolute Gasteiger partial charge is 0.479 e. The zero-order valence-electron chi connectivity index (χ0n) is 8.28. The monoisotopic (exact) mass is 222 g/mol. The van der Waals surface area contributed by atoms with E-state index in [9.17, 15) is 25.2 Å². The molecule has 5 N–H and O–H groups in total. The topological polar surface area (TPSA) is 127 Å². The molecule has 0 amide bonds. The van der Waals surface area contributed by atoms with Gasteiger partial charge in [0, 0.05) is 0 Å². The quantitative estimate of drug-likeness (QED) is 0.336. The Hall–Kier alpha value is -0.730. The molecule has 0 aromatic carbocycles. The van der Waals surface area contributed by atoms with Crippen LogP contribution in [0.4, 0.5) is 0 Å². The summed E-state index contributed by atoms with van der Waals surface area (Å²) in [5.74, 6) is -1.53. The summed E-state index contributed by atoms with van der Waals surface area (Å²) in [6.45, 7) is 2.07. The lowest BCUT2D eigenvalue weighted by molar-refractivity contribution is -0.347. The van der Waals surface area contributed by atoms with Crippen molar-refractivity contribution in [2.24, 2.45) is 0 Å². The maximum atomic E-state index is 10.6. The van der Waals surface area contributed by atoms with Gasteiger partial charge in [-0.3, -0.25) is 0 Å². The van der Waals surface area contributed by atoms with E-state index in [1.165, 1.54) is 0 Å². The van der Waals surface area contributed by atoms with Crippen LogP contribution in [0.15, 0.2) is 0 Å². The molecule has 1 rings (SSSR count). The number of carboxylic acids is 1. The molecule has 1 aliphatic rings. The van der Waals surface area contributed by atoms with Crippen LogP contribution in [0.25, 0.3) is 0 Å². The highest BCUT2D eigenvalue weighted by molar-refractivity contribution is 5.73. The number of aliphatic hydroxyl groups is 4. The standard InChI is InChI=1S/C8H14O7/c1-7(13)4(9)3(5(10)11)15-6(12)8(7,2)14/h3-4,6,9,12-14H,1-2H3,(H,10,11)/t3?,4-,6-,7-,8?/m0/s1. The molecule has 0 spiro atoms. The molecule has 0 radical (unpaired) electrons. The highest BCUT2D eigenvalue weighted by atomic mass is 16.6. The minimum atomic E-state index is -2.19. The van der Waals surface area contributed by atoms with Gasteiger partial charge in [0.25, 0.3) is 0 Å². The van der Waals surface area contributed by atoms with Crippen molar-refractivity contribution in [3.63, 3.8) is 0 Å². The van der Waals surface area contributed by atoms with Crippen LogP contribution in [0.2, 0.25) is 0 Å². The first kappa shape index (κ1) is 12.3. The molecule has 0 aromatic rings. The van der Waals surface area contributed by atoms with Gasteiger partial charge in [0.05, 0.1) is 0 Å². The SMILES string of the molecule is CC1(O)[C@@H](O)OC(C(=O)O)[C@H](O)[C@]1(C)O. The molecule has 1 fully saturated rings. The van der Waals surface area contributed by atoms with E-state index >= 15 is 0 Å². The van der Waals surface area contributed by atoms with Crippen molar-refractivity contribution in [3.05, 3.63) is 0 Å². The number of carboxylic acid groups (broad SMARTS) is 1. The molecule has 0 saturated carbocycles. The molecule has 7 heteroatoms. The van der Waals surface area contributed by atoms with Crippen molar-refractivity contribution in [2.75, 3.05) is 0 Å².